The molecule has 0 bridgehead atoms. The van der Waals surface area contributed by atoms with Gasteiger partial charge in [0.1, 0.15) is 6.10 Å². The molecule has 2 heterocycles. The van der Waals surface area contributed by atoms with Gasteiger partial charge < -0.3 is 14.8 Å². The highest BCUT2D eigenvalue weighted by molar-refractivity contribution is 6.30. The van der Waals surface area contributed by atoms with E-state index < -0.39 is 22.8 Å². The molecule has 1 atom stereocenters. The number of dihydropyridines is 1. The van der Waals surface area contributed by atoms with Crippen LogP contribution in [0, 0.1) is 10.1 Å². The first-order chi connectivity index (χ1) is 18.2. The molecule has 0 aliphatic carbocycles. The van der Waals surface area contributed by atoms with Crippen LogP contribution in [0.25, 0.3) is 0 Å². The fraction of sp³-hybridized carbons (Fsp3) is 0.357. The lowest BCUT2D eigenvalue weighted by molar-refractivity contribution is -0.384. The molecule has 1 saturated heterocycles. The van der Waals surface area contributed by atoms with Gasteiger partial charge in [-0.05, 0) is 49.9 Å². The smallest absolute Gasteiger partial charge is 0.337 e. The number of piperidine rings is 1. The molecule has 9 nitrogen and oxygen atoms in total. The van der Waals surface area contributed by atoms with E-state index >= 15 is 0 Å². The highest BCUT2D eigenvalue weighted by Gasteiger charge is 2.39. The molecule has 38 heavy (non-hydrogen) atoms. The Bertz CT molecular complexity index is 1310. The number of benzene rings is 2. The summed E-state index contributed by atoms with van der Waals surface area (Å²) in [6, 6.07) is 13.7. The molecule has 2 aliphatic rings. The molecule has 1 fully saturated rings. The second kappa shape index (κ2) is 11.8. The Labute approximate surface area is 226 Å². The van der Waals surface area contributed by atoms with Gasteiger partial charge in [-0.15, -0.1) is 0 Å². The molecule has 0 saturated carbocycles. The zero-order valence-electron chi connectivity index (χ0n) is 21.5. The zero-order chi connectivity index (χ0) is 27.4. The Morgan fingerprint density at radius 2 is 1.71 bits per heavy atom. The minimum Gasteiger partial charge on any atom is -0.466 e. The van der Waals surface area contributed by atoms with Crippen molar-refractivity contribution in [1.82, 2.24) is 10.2 Å². The van der Waals surface area contributed by atoms with Crippen LogP contribution in [0.1, 0.15) is 43.7 Å². The van der Waals surface area contributed by atoms with Gasteiger partial charge in [0.15, 0.2) is 0 Å². The predicted octanol–water partition coefficient (Wildman–Crippen LogP) is 4.86. The van der Waals surface area contributed by atoms with Crippen molar-refractivity contribution in [2.24, 2.45) is 0 Å². The van der Waals surface area contributed by atoms with Gasteiger partial charge in [-0.3, -0.25) is 15.0 Å². The maximum atomic E-state index is 13.6. The minimum atomic E-state index is -0.876. The lowest BCUT2D eigenvalue weighted by Crippen LogP contribution is -2.39. The van der Waals surface area contributed by atoms with E-state index in [1.54, 1.807) is 19.9 Å². The second-order valence-electron chi connectivity index (χ2n) is 9.49. The Kier molecular flexibility index (Phi) is 8.48. The van der Waals surface area contributed by atoms with Gasteiger partial charge in [-0.25, -0.2) is 9.59 Å². The number of methoxy groups -OCH3 is 1. The molecule has 0 spiro atoms. The Morgan fingerprint density at radius 1 is 1.05 bits per heavy atom. The number of nitrogens with zero attached hydrogens (tertiary/aromatic N) is 2. The van der Waals surface area contributed by atoms with E-state index in [1.165, 1.54) is 25.3 Å². The first kappa shape index (κ1) is 27.3. The van der Waals surface area contributed by atoms with E-state index in [-0.39, 0.29) is 22.9 Å². The summed E-state index contributed by atoms with van der Waals surface area (Å²) in [4.78, 5) is 39.6. The zero-order valence-corrected chi connectivity index (χ0v) is 22.3. The molecular formula is C28H30ClN3O6. The van der Waals surface area contributed by atoms with E-state index in [2.05, 4.69) is 10.2 Å². The summed E-state index contributed by atoms with van der Waals surface area (Å²) >= 11 is 6.11. The molecule has 0 radical (unpaired) electrons. The molecular weight excluding hydrogens is 510 g/mol. The first-order valence-corrected chi connectivity index (χ1v) is 12.7. The Morgan fingerprint density at radius 3 is 2.34 bits per heavy atom. The number of hydrogen-bond acceptors (Lipinski definition) is 8. The maximum Gasteiger partial charge on any atom is 0.337 e. The monoisotopic (exact) mass is 539 g/mol. The maximum absolute atomic E-state index is 13.6. The number of non-ortho nitro benzene ring substituents is 1. The molecule has 1 N–H and O–H groups in total. The predicted molar refractivity (Wildman–Crippen MR) is 142 cm³/mol. The van der Waals surface area contributed by atoms with Gasteiger partial charge in [-0.1, -0.05) is 35.9 Å². The topological polar surface area (TPSA) is 111 Å². The average Bonchev–Trinajstić information content (AvgIpc) is 2.89. The summed E-state index contributed by atoms with van der Waals surface area (Å²) in [6.07, 6.45) is 1.02. The number of ether oxygens (including phenoxy) is 2. The van der Waals surface area contributed by atoms with E-state index in [4.69, 9.17) is 21.1 Å². The van der Waals surface area contributed by atoms with E-state index in [9.17, 15) is 19.7 Å². The number of allylic oxidation sites excluding steroid dienone is 2. The van der Waals surface area contributed by atoms with Crippen molar-refractivity contribution >= 4 is 29.2 Å². The van der Waals surface area contributed by atoms with Crippen molar-refractivity contribution in [3.05, 3.63) is 97.3 Å². The number of hydrogen-bond donors (Lipinski definition) is 1. The van der Waals surface area contributed by atoms with Crippen LogP contribution in [-0.2, 0) is 25.6 Å². The highest BCUT2D eigenvalue weighted by Crippen LogP contribution is 2.40. The number of nitro benzene ring substituents is 1. The highest BCUT2D eigenvalue weighted by atomic mass is 35.5. The lowest BCUT2D eigenvalue weighted by atomic mass is 9.80. The van der Waals surface area contributed by atoms with E-state index in [0.717, 1.165) is 25.2 Å². The van der Waals surface area contributed by atoms with Crippen molar-refractivity contribution in [3.8, 4) is 0 Å². The summed E-state index contributed by atoms with van der Waals surface area (Å²) in [7, 11) is 1.26. The van der Waals surface area contributed by atoms with Crippen LogP contribution in [-0.4, -0.2) is 48.1 Å². The average molecular weight is 540 g/mol. The molecule has 200 valence electrons. The molecule has 4 rings (SSSR count). The summed E-state index contributed by atoms with van der Waals surface area (Å²) in [6.45, 7) is 5.70. The number of rotatable bonds is 7. The third kappa shape index (κ3) is 6.06. The number of carbonyl (C=O) groups is 2. The third-order valence-corrected chi connectivity index (χ3v) is 7.14. The SMILES string of the molecule is COC(=O)C1=C(C)NC(C)=C(C(=O)OC2CCN(Cc3cccc(Cl)c3)CC2)C1c1cccc([N+](=O)[O-])c1. The largest absolute Gasteiger partial charge is 0.466 e. The number of carbonyl (C=O) groups excluding carboxylic acids is 2. The number of likely N-dealkylation sites (tertiary alicyclic amines) is 1. The van der Waals surface area contributed by atoms with Crippen molar-refractivity contribution in [1.29, 1.82) is 0 Å². The number of esters is 2. The summed E-state index contributed by atoms with van der Waals surface area (Å²) in [5.41, 5.74) is 2.90. The first-order valence-electron chi connectivity index (χ1n) is 12.4. The van der Waals surface area contributed by atoms with Crippen LogP contribution in [0.4, 0.5) is 5.69 Å². The van der Waals surface area contributed by atoms with Crippen molar-refractivity contribution in [2.75, 3.05) is 20.2 Å². The van der Waals surface area contributed by atoms with Gasteiger partial charge in [0.25, 0.3) is 5.69 Å². The minimum absolute atomic E-state index is 0.139. The molecule has 0 aromatic heterocycles. The van der Waals surface area contributed by atoms with Gasteiger partial charge >= 0.3 is 11.9 Å². The van der Waals surface area contributed by atoms with Crippen molar-refractivity contribution in [2.45, 2.75) is 45.3 Å². The van der Waals surface area contributed by atoms with Crippen molar-refractivity contribution < 1.29 is 24.0 Å². The Hall–Kier alpha value is -3.69. The Balaban J connectivity index is 1.54. The van der Waals surface area contributed by atoms with Crippen LogP contribution < -0.4 is 5.32 Å². The molecule has 2 aromatic carbocycles. The van der Waals surface area contributed by atoms with Crippen molar-refractivity contribution in [3.63, 3.8) is 0 Å². The van der Waals surface area contributed by atoms with Gasteiger partial charge in [0.2, 0.25) is 0 Å². The second-order valence-corrected chi connectivity index (χ2v) is 9.93. The molecule has 10 heteroatoms. The summed E-state index contributed by atoms with van der Waals surface area (Å²) in [5.74, 6) is -2.06. The van der Waals surface area contributed by atoms with Gasteiger partial charge in [-0.2, -0.15) is 0 Å². The van der Waals surface area contributed by atoms with E-state index in [0.29, 0.717) is 34.8 Å². The summed E-state index contributed by atoms with van der Waals surface area (Å²) in [5, 5.41) is 15.2. The van der Waals surface area contributed by atoms with Crippen LogP contribution in [0.2, 0.25) is 5.02 Å². The number of nitro groups is 1. The van der Waals surface area contributed by atoms with Crippen LogP contribution >= 0.6 is 11.6 Å². The van der Waals surface area contributed by atoms with Crippen LogP contribution in [0.15, 0.2) is 71.1 Å². The van der Waals surface area contributed by atoms with Crippen LogP contribution in [0.5, 0.6) is 0 Å². The standard InChI is InChI=1S/C28H30ClN3O6/c1-17-24(27(33)37-3)26(20-7-5-9-22(15-20)32(35)36)25(18(2)30-17)28(34)38-23-10-12-31(13-11-23)16-19-6-4-8-21(29)14-19/h4-9,14-15,23,26,30H,10-13,16H2,1-3H3. The quantitative estimate of drug-likeness (QED) is 0.301. The van der Waals surface area contributed by atoms with Gasteiger partial charge in [0.05, 0.1) is 29.1 Å². The molecule has 2 aromatic rings. The third-order valence-electron chi connectivity index (χ3n) is 6.90. The molecule has 0 amide bonds. The van der Waals surface area contributed by atoms with E-state index in [1.807, 2.05) is 24.3 Å². The van der Waals surface area contributed by atoms with Crippen LogP contribution in [0.3, 0.4) is 0 Å². The van der Waals surface area contributed by atoms with Gasteiger partial charge in [0, 0.05) is 48.2 Å². The lowest BCUT2D eigenvalue weighted by Gasteiger charge is -2.34. The number of nitrogens with one attached hydrogen (secondary N) is 1. The fourth-order valence-corrected chi connectivity index (χ4v) is 5.30. The summed E-state index contributed by atoms with van der Waals surface area (Å²) < 4.78 is 11.0. The number of halogens is 1. The molecule has 1 unspecified atom stereocenters. The molecule has 2 aliphatic heterocycles. The normalized spacial score (nSPS) is 18.7. The fourth-order valence-electron chi connectivity index (χ4n) is 5.09.